The van der Waals surface area contributed by atoms with E-state index in [1.54, 1.807) is 0 Å². The van der Waals surface area contributed by atoms with E-state index in [1.807, 2.05) is 25.7 Å². The van der Waals surface area contributed by atoms with E-state index in [4.69, 9.17) is 5.73 Å². The highest BCUT2D eigenvalue weighted by atomic mass is 32.1. The van der Waals surface area contributed by atoms with Crippen molar-refractivity contribution in [3.8, 4) is 0 Å². The van der Waals surface area contributed by atoms with Crippen LogP contribution in [0.3, 0.4) is 0 Å². The SMILES string of the molecule is CCc1nsc(N2CCN(C(=O)[C@@H](N)C(C)(C)C)CC2)n1. The van der Waals surface area contributed by atoms with E-state index in [0.29, 0.717) is 13.1 Å². The van der Waals surface area contributed by atoms with Gasteiger partial charge in [-0.15, -0.1) is 0 Å². The lowest BCUT2D eigenvalue weighted by Crippen LogP contribution is -2.56. The second kappa shape index (κ2) is 6.27. The van der Waals surface area contributed by atoms with E-state index in [2.05, 4.69) is 21.2 Å². The summed E-state index contributed by atoms with van der Waals surface area (Å²) in [6.45, 7) is 11.0. The van der Waals surface area contributed by atoms with Crippen LogP contribution in [0.5, 0.6) is 0 Å². The molecule has 1 aliphatic rings. The fraction of sp³-hybridized carbons (Fsp3) is 0.786. The first-order valence-corrected chi connectivity index (χ1v) is 8.22. The van der Waals surface area contributed by atoms with Gasteiger partial charge in [0, 0.05) is 44.1 Å². The zero-order valence-corrected chi connectivity index (χ0v) is 14.1. The molecule has 0 unspecified atom stereocenters. The van der Waals surface area contributed by atoms with E-state index in [1.165, 1.54) is 11.5 Å². The monoisotopic (exact) mass is 311 g/mol. The normalized spacial score (nSPS) is 18.0. The second-order valence-corrected chi connectivity index (χ2v) is 7.23. The maximum absolute atomic E-state index is 12.4. The minimum Gasteiger partial charge on any atom is -0.343 e. The number of aryl methyl sites for hydroxylation is 1. The van der Waals surface area contributed by atoms with E-state index in [0.717, 1.165) is 30.5 Å². The summed E-state index contributed by atoms with van der Waals surface area (Å²) in [6.07, 6.45) is 0.857. The Bertz CT molecular complexity index is 488. The first kappa shape index (κ1) is 16.2. The zero-order chi connectivity index (χ0) is 15.6. The van der Waals surface area contributed by atoms with Gasteiger partial charge in [0.1, 0.15) is 5.82 Å². The Kier molecular flexibility index (Phi) is 4.83. The van der Waals surface area contributed by atoms with Crippen molar-refractivity contribution in [2.75, 3.05) is 31.1 Å². The van der Waals surface area contributed by atoms with Gasteiger partial charge in [0.05, 0.1) is 6.04 Å². The molecule has 0 bridgehead atoms. The Morgan fingerprint density at radius 1 is 1.33 bits per heavy atom. The fourth-order valence-electron chi connectivity index (χ4n) is 2.20. The van der Waals surface area contributed by atoms with Gasteiger partial charge in [-0.05, 0) is 5.41 Å². The van der Waals surface area contributed by atoms with Crippen LogP contribution in [0.2, 0.25) is 0 Å². The van der Waals surface area contributed by atoms with Crippen molar-refractivity contribution in [1.82, 2.24) is 14.3 Å². The molecule has 1 amide bonds. The van der Waals surface area contributed by atoms with Gasteiger partial charge in [-0.25, -0.2) is 4.98 Å². The summed E-state index contributed by atoms with van der Waals surface area (Å²) in [5, 5.41) is 0.957. The van der Waals surface area contributed by atoms with Gasteiger partial charge in [0.15, 0.2) is 0 Å². The van der Waals surface area contributed by atoms with Crippen LogP contribution in [0.15, 0.2) is 0 Å². The predicted molar refractivity (Wildman–Crippen MR) is 85.5 cm³/mol. The minimum atomic E-state index is -0.447. The molecule has 118 valence electrons. The lowest BCUT2D eigenvalue weighted by molar-refractivity contribution is -0.135. The molecule has 2 heterocycles. The standard InChI is InChI=1S/C14H25N5OS/c1-5-10-16-13(21-17-10)19-8-6-18(7-9-19)12(20)11(15)14(2,3)4/h11H,5-9,15H2,1-4H3/t11-/m1/s1. The molecular formula is C14H25N5OS. The lowest BCUT2D eigenvalue weighted by atomic mass is 9.86. The summed E-state index contributed by atoms with van der Waals surface area (Å²) in [6, 6.07) is -0.447. The molecule has 2 N–H and O–H groups in total. The topological polar surface area (TPSA) is 75.4 Å². The number of nitrogens with zero attached hydrogens (tertiary/aromatic N) is 4. The summed E-state index contributed by atoms with van der Waals surface area (Å²) in [7, 11) is 0. The average Bonchev–Trinajstić information content (AvgIpc) is 2.94. The maximum Gasteiger partial charge on any atom is 0.240 e. The summed E-state index contributed by atoms with van der Waals surface area (Å²) >= 11 is 1.44. The largest absolute Gasteiger partial charge is 0.343 e. The maximum atomic E-state index is 12.4. The second-order valence-electron chi connectivity index (χ2n) is 6.50. The molecule has 0 aromatic carbocycles. The molecule has 1 fully saturated rings. The molecule has 7 heteroatoms. The number of rotatable bonds is 3. The zero-order valence-electron chi connectivity index (χ0n) is 13.3. The van der Waals surface area contributed by atoms with Crippen molar-refractivity contribution < 1.29 is 4.79 Å². The summed E-state index contributed by atoms with van der Waals surface area (Å²) in [5.74, 6) is 0.942. The molecule has 1 aliphatic heterocycles. The predicted octanol–water partition coefficient (Wildman–Crippen LogP) is 1.12. The molecule has 2 rings (SSSR count). The smallest absolute Gasteiger partial charge is 0.240 e. The minimum absolute atomic E-state index is 0.0497. The van der Waals surface area contributed by atoms with Crippen LogP contribution in [0.1, 0.15) is 33.5 Å². The number of nitrogens with two attached hydrogens (primary N) is 1. The van der Waals surface area contributed by atoms with Crippen molar-refractivity contribution in [3.63, 3.8) is 0 Å². The van der Waals surface area contributed by atoms with Crippen LogP contribution in [-0.4, -0.2) is 52.4 Å². The molecule has 0 radical (unpaired) electrons. The molecule has 6 nitrogen and oxygen atoms in total. The Labute approximate surface area is 130 Å². The highest BCUT2D eigenvalue weighted by Crippen LogP contribution is 2.22. The molecule has 1 aromatic rings. The van der Waals surface area contributed by atoms with E-state index < -0.39 is 6.04 Å². The number of piperazine rings is 1. The van der Waals surface area contributed by atoms with Crippen LogP contribution < -0.4 is 10.6 Å². The van der Waals surface area contributed by atoms with E-state index in [-0.39, 0.29) is 11.3 Å². The molecule has 1 saturated heterocycles. The number of carbonyl (C=O) groups excluding carboxylic acids is 1. The molecule has 21 heavy (non-hydrogen) atoms. The van der Waals surface area contributed by atoms with Crippen LogP contribution in [-0.2, 0) is 11.2 Å². The van der Waals surface area contributed by atoms with Crippen LogP contribution in [0, 0.1) is 5.41 Å². The highest BCUT2D eigenvalue weighted by Gasteiger charge is 2.32. The van der Waals surface area contributed by atoms with Crippen LogP contribution in [0.4, 0.5) is 5.13 Å². The molecule has 0 aliphatic carbocycles. The van der Waals surface area contributed by atoms with Crippen molar-refractivity contribution in [1.29, 1.82) is 0 Å². The van der Waals surface area contributed by atoms with Crippen LogP contribution in [0.25, 0.3) is 0 Å². The molecule has 0 spiro atoms. The van der Waals surface area contributed by atoms with Crippen molar-refractivity contribution in [3.05, 3.63) is 5.82 Å². The Morgan fingerprint density at radius 2 is 1.95 bits per heavy atom. The van der Waals surface area contributed by atoms with Crippen molar-refractivity contribution >= 4 is 22.6 Å². The van der Waals surface area contributed by atoms with Gasteiger partial charge < -0.3 is 15.5 Å². The third kappa shape index (κ3) is 3.71. The molecule has 1 atom stereocenters. The number of aromatic nitrogens is 2. The number of hydrogen-bond acceptors (Lipinski definition) is 6. The summed E-state index contributed by atoms with van der Waals surface area (Å²) in [4.78, 5) is 21.0. The number of anilines is 1. The Morgan fingerprint density at radius 3 is 2.43 bits per heavy atom. The first-order valence-electron chi connectivity index (χ1n) is 7.45. The summed E-state index contributed by atoms with van der Waals surface area (Å²) in [5.41, 5.74) is 5.86. The quantitative estimate of drug-likeness (QED) is 0.905. The van der Waals surface area contributed by atoms with Gasteiger partial charge in [0.2, 0.25) is 11.0 Å². The number of carbonyl (C=O) groups is 1. The lowest BCUT2D eigenvalue weighted by Gasteiger charge is -2.37. The number of amides is 1. The molecule has 1 aromatic heterocycles. The Balaban J connectivity index is 1.92. The van der Waals surface area contributed by atoms with Gasteiger partial charge in [-0.3, -0.25) is 4.79 Å². The van der Waals surface area contributed by atoms with E-state index in [9.17, 15) is 4.79 Å². The molecular weight excluding hydrogens is 286 g/mol. The summed E-state index contributed by atoms with van der Waals surface area (Å²) < 4.78 is 4.31. The Hall–Kier alpha value is -1.21. The fourth-order valence-corrected chi connectivity index (χ4v) is 3.00. The first-order chi connectivity index (χ1) is 9.82. The van der Waals surface area contributed by atoms with Gasteiger partial charge in [0.25, 0.3) is 0 Å². The average molecular weight is 311 g/mol. The number of hydrogen-bond donors (Lipinski definition) is 1. The molecule has 0 saturated carbocycles. The highest BCUT2D eigenvalue weighted by molar-refractivity contribution is 7.09. The van der Waals surface area contributed by atoms with E-state index >= 15 is 0 Å². The van der Waals surface area contributed by atoms with Gasteiger partial charge in [-0.2, -0.15) is 4.37 Å². The van der Waals surface area contributed by atoms with Gasteiger partial charge in [-0.1, -0.05) is 27.7 Å². The third-order valence-electron chi connectivity index (χ3n) is 3.83. The third-order valence-corrected chi connectivity index (χ3v) is 4.65. The van der Waals surface area contributed by atoms with Crippen molar-refractivity contribution in [2.24, 2.45) is 11.1 Å². The van der Waals surface area contributed by atoms with Gasteiger partial charge >= 0.3 is 0 Å². The van der Waals surface area contributed by atoms with Crippen LogP contribution >= 0.6 is 11.5 Å². The van der Waals surface area contributed by atoms with Crippen molar-refractivity contribution in [2.45, 2.75) is 40.2 Å².